The molecule has 0 saturated heterocycles. The molecule has 0 radical (unpaired) electrons. The van der Waals surface area contributed by atoms with Gasteiger partial charge in [0.1, 0.15) is 5.57 Å². The monoisotopic (exact) mass is 195 g/mol. The molecule has 0 N–H and O–H groups in total. The van der Waals surface area contributed by atoms with E-state index in [0.29, 0.717) is 5.71 Å². The number of amides is 1. The lowest BCUT2D eigenvalue weighted by Crippen LogP contribution is -2.26. The van der Waals surface area contributed by atoms with E-state index in [9.17, 15) is 14.4 Å². The highest BCUT2D eigenvalue weighted by Gasteiger charge is 2.28. The number of nitrogens with zero attached hydrogens (tertiary/aromatic N) is 1. The first-order chi connectivity index (χ1) is 6.56. The van der Waals surface area contributed by atoms with Crippen LogP contribution < -0.4 is 0 Å². The number of carbonyl (C=O) groups is 3. The normalized spacial score (nSPS) is 16.1. The molecular formula is C9H9NO4. The van der Waals surface area contributed by atoms with Crippen LogP contribution in [0.2, 0.25) is 0 Å². The summed E-state index contributed by atoms with van der Waals surface area (Å²) >= 11 is 0. The van der Waals surface area contributed by atoms with Crippen LogP contribution in [-0.2, 0) is 19.1 Å². The minimum Gasteiger partial charge on any atom is -0.462 e. The molecule has 0 saturated carbocycles. The second-order valence-corrected chi connectivity index (χ2v) is 2.67. The Morgan fingerprint density at radius 2 is 2.14 bits per heavy atom. The highest BCUT2D eigenvalue weighted by atomic mass is 16.5. The third-order valence-electron chi connectivity index (χ3n) is 1.57. The van der Waals surface area contributed by atoms with E-state index in [1.165, 1.54) is 13.0 Å². The van der Waals surface area contributed by atoms with Crippen LogP contribution in [-0.4, -0.2) is 30.0 Å². The van der Waals surface area contributed by atoms with Crippen molar-refractivity contribution in [2.24, 2.45) is 4.99 Å². The van der Waals surface area contributed by atoms with Crippen LogP contribution in [0, 0.1) is 0 Å². The van der Waals surface area contributed by atoms with E-state index in [0.717, 1.165) is 0 Å². The van der Waals surface area contributed by atoms with Crippen LogP contribution in [0.15, 0.2) is 16.6 Å². The maximum atomic E-state index is 11.2. The minimum atomic E-state index is -0.923. The Morgan fingerprint density at radius 1 is 1.50 bits per heavy atom. The van der Waals surface area contributed by atoms with Gasteiger partial charge in [-0.2, -0.15) is 0 Å². The number of aliphatic imine (C=N–C) groups is 1. The van der Waals surface area contributed by atoms with Gasteiger partial charge in [-0.25, -0.2) is 9.79 Å². The van der Waals surface area contributed by atoms with Crippen molar-refractivity contribution in [3.8, 4) is 0 Å². The Kier molecular flexibility index (Phi) is 2.91. The quantitative estimate of drug-likeness (QED) is 0.354. The van der Waals surface area contributed by atoms with Gasteiger partial charge in [-0.1, -0.05) is 0 Å². The second kappa shape index (κ2) is 3.95. The van der Waals surface area contributed by atoms with E-state index >= 15 is 0 Å². The van der Waals surface area contributed by atoms with Gasteiger partial charge >= 0.3 is 11.9 Å². The standard InChI is InChI=1S/C9H9NO4/c1-3-14-9(13)6-4-5(2)10-8(12)7(6)11/h4H,3H2,1-2H3. The molecule has 0 aliphatic carbocycles. The zero-order valence-electron chi connectivity index (χ0n) is 7.86. The van der Waals surface area contributed by atoms with Crippen LogP contribution in [0.1, 0.15) is 13.8 Å². The molecule has 1 rings (SSSR count). The fraction of sp³-hybridized carbons (Fsp3) is 0.333. The number of carbonyl (C=O) groups excluding carboxylic acids is 3. The van der Waals surface area contributed by atoms with E-state index in [1.807, 2.05) is 0 Å². The summed E-state index contributed by atoms with van der Waals surface area (Å²) in [4.78, 5) is 36.7. The highest BCUT2D eigenvalue weighted by Crippen LogP contribution is 2.08. The Morgan fingerprint density at radius 3 is 2.71 bits per heavy atom. The lowest BCUT2D eigenvalue weighted by molar-refractivity contribution is -0.142. The van der Waals surface area contributed by atoms with Gasteiger partial charge in [0.05, 0.1) is 6.61 Å². The molecule has 0 aromatic rings. The van der Waals surface area contributed by atoms with Crippen LogP contribution in [0.5, 0.6) is 0 Å². The first-order valence-electron chi connectivity index (χ1n) is 4.09. The van der Waals surface area contributed by atoms with E-state index in [2.05, 4.69) is 9.73 Å². The summed E-state index contributed by atoms with van der Waals surface area (Å²) in [5.74, 6) is -2.61. The number of ether oxygens (including phenoxy) is 1. The van der Waals surface area contributed by atoms with E-state index in [4.69, 9.17) is 0 Å². The van der Waals surface area contributed by atoms with Crippen molar-refractivity contribution in [2.75, 3.05) is 6.61 Å². The van der Waals surface area contributed by atoms with E-state index in [1.54, 1.807) is 6.92 Å². The average molecular weight is 195 g/mol. The van der Waals surface area contributed by atoms with Gasteiger partial charge in [0.2, 0.25) is 0 Å². The topological polar surface area (TPSA) is 72.8 Å². The SMILES string of the molecule is CCOC(=O)C1=CC(C)=NC(=O)C1=O. The predicted octanol–water partition coefficient (Wildman–Crippen LogP) is 0.0461. The van der Waals surface area contributed by atoms with E-state index < -0.39 is 17.7 Å². The van der Waals surface area contributed by atoms with Gasteiger partial charge in [-0.05, 0) is 19.9 Å². The summed E-state index contributed by atoms with van der Waals surface area (Å²) in [7, 11) is 0. The van der Waals surface area contributed by atoms with Gasteiger partial charge < -0.3 is 4.74 Å². The van der Waals surface area contributed by atoms with Crippen molar-refractivity contribution in [1.82, 2.24) is 0 Å². The predicted molar refractivity (Wildman–Crippen MR) is 47.8 cm³/mol. The minimum absolute atomic E-state index is 0.161. The molecule has 14 heavy (non-hydrogen) atoms. The third kappa shape index (κ3) is 1.93. The highest BCUT2D eigenvalue weighted by molar-refractivity contribution is 6.52. The van der Waals surface area contributed by atoms with Gasteiger partial charge in [0.25, 0.3) is 5.78 Å². The van der Waals surface area contributed by atoms with Gasteiger partial charge in [-0.3, -0.25) is 9.59 Å². The third-order valence-corrected chi connectivity index (χ3v) is 1.57. The molecule has 5 heteroatoms. The Labute approximate surface area is 80.5 Å². The molecule has 0 aromatic heterocycles. The summed E-state index contributed by atoms with van der Waals surface area (Å²) in [6.45, 7) is 3.31. The molecule has 5 nitrogen and oxygen atoms in total. The summed E-state index contributed by atoms with van der Waals surface area (Å²) < 4.78 is 4.61. The zero-order valence-corrected chi connectivity index (χ0v) is 7.86. The van der Waals surface area contributed by atoms with Crippen LogP contribution >= 0.6 is 0 Å². The summed E-state index contributed by atoms with van der Waals surface area (Å²) in [5.41, 5.74) is 0.0852. The number of hydrogen-bond donors (Lipinski definition) is 0. The maximum absolute atomic E-state index is 11.2. The zero-order chi connectivity index (χ0) is 10.7. The summed E-state index contributed by atoms with van der Waals surface area (Å²) in [6, 6.07) is 0. The molecule has 1 aliphatic heterocycles. The van der Waals surface area contributed by atoms with Crippen molar-refractivity contribution < 1.29 is 19.1 Å². The Hall–Kier alpha value is -1.78. The lowest BCUT2D eigenvalue weighted by Gasteiger charge is -2.07. The van der Waals surface area contributed by atoms with Gasteiger partial charge in [0, 0.05) is 5.71 Å². The van der Waals surface area contributed by atoms with Gasteiger partial charge in [0.15, 0.2) is 0 Å². The number of rotatable bonds is 2. The fourth-order valence-corrected chi connectivity index (χ4v) is 0.993. The molecule has 0 aromatic carbocycles. The van der Waals surface area contributed by atoms with Crippen LogP contribution in [0.4, 0.5) is 0 Å². The molecule has 0 unspecified atom stereocenters. The first-order valence-corrected chi connectivity index (χ1v) is 4.09. The molecule has 0 spiro atoms. The van der Waals surface area contributed by atoms with Crippen molar-refractivity contribution in [3.63, 3.8) is 0 Å². The summed E-state index contributed by atoms with van der Waals surface area (Å²) in [6.07, 6.45) is 1.25. The molecular weight excluding hydrogens is 186 g/mol. The van der Waals surface area contributed by atoms with E-state index in [-0.39, 0.29) is 12.2 Å². The average Bonchev–Trinajstić information content (AvgIpc) is 2.11. The smallest absolute Gasteiger partial charge is 0.342 e. The molecule has 0 atom stereocenters. The van der Waals surface area contributed by atoms with Crippen molar-refractivity contribution in [1.29, 1.82) is 0 Å². The van der Waals surface area contributed by atoms with Gasteiger partial charge in [-0.15, -0.1) is 0 Å². The largest absolute Gasteiger partial charge is 0.462 e. The first kappa shape index (κ1) is 10.3. The molecule has 1 heterocycles. The lowest BCUT2D eigenvalue weighted by atomic mass is 10.1. The molecule has 0 fully saturated rings. The molecule has 0 bridgehead atoms. The summed E-state index contributed by atoms with van der Waals surface area (Å²) in [5, 5.41) is 0. The molecule has 1 amide bonds. The number of ketones is 1. The van der Waals surface area contributed by atoms with Crippen LogP contribution in [0.25, 0.3) is 0 Å². The number of dihydropyridines is 1. The number of allylic oxidation sites excluding steroid dienone is 1. The molecule has 74 valence electrons. The second-order valence-electron chi connectivity index (χ2n) is 2.67. The molecule has 1 aliphatic rings. The van der Waals surface area contributed by atoms with Crippen molar-refractivity contribution in [2.45, 2.75) is 13.8 Å². The van der Waals surface area contributed by atoms with Crippen molar-refractivity contribution in [3.05, 3.63) is 11.6 Å². The number of esters is 1. The number of hydrogen-bond acceptors (Lipinski definition) is 4. The number of Topliss-reactive ketones (excluding diaryl/α,β-unsaturated/α-hetero) is 1. The van der Waals surface area contributed by atoms with Crippen molar-refractivity contribution >= 4 is 23.4 Å². The Balaban J connectivity index is 2.97. The fourth-order valence-electron chi connectivity index (χ4n) is 0.993. The van der Waals surface area contributed by atoms with Crippen LogP contribution in [0.3, 0.4) is 0 Å². The maximum Gasteiger partial charge on any atom is 0.342 e. The Bertz CT molecular complexity index is 365.